The maximum absolute atomic E-state index is 12.8. The molecular weight excluding hydrogens is 347 g/mol. The third kappa shape index (κ3) is 5.55. The number of nitro benzene ring substituents is 1. The number of halogens is 1. The number of amides is 1. The molecule has 0 aliphatic rings. The number of nitrogens with one attached hydrogen (secondary N) is 1. The van der Waals surface area contributed by atoms with Gasteiger partial charge < -0.3 is 14.8 Å². The van der Waals surface area contributed by atoms with Crippen molar-refractivity contribution in [3.63, 3.8) is 0 Å². The number of ether oxygens (including phenoxy) is 2. The Labute approximate surface area is 147 Å². The van der Waals surface area contributed by atoms with Gasteiger partial charge in [-0.15, -0.1) is 0 Å². The maximum Gasteiger partial charge on any atom is 0.347 e. The van der Waals surface area contributed by atoms with E-state index in [0.717, 1.165) is 0 Å². The van der Waals surface area contributed by atoms with E-state index in [1.54, 1.807) is 0 Å². The molecule has 0 saturated carbocycles. The first-order valence-corrected chi connectivity index (χ1v) is 7.48. The molecule has 0 aromatic heterocycles. The van der Waals surface area contributed by atoms with E-state index in [-0.39, 0.29) is 17.1 Å². The number of carbonyl (C=O) groups is 2. The predicted octanol–water partition coefficient (Wildman–Crippen LogP) is 2.68. The van der Waals surface area contributed by atoms with Crippen molar-refractivity contribution in [1.29, 1.82) is 0 Å². The van der Waals surface area contributed by atoms with Crippen LogP contribution in [0.2, 0.25) is 0 Å². The van der Waals surface area contributed by atoms with Crippen LogP contribution in [0.15, 0.2) is 48.5 Å². The third-order valence-corrected chi connectivity index (χ3v) is 3.14. The highest BCUT2D eigenvalue weighted by molar-refractivity contribution is 5.93. The summed E-state index contributed by atoms with van der Waals surface area (Å²) in [6.07, 6.45) is -1.01. The van der Waals surface area contributed by atoms with Gasteiger partial charge in [0.25, 0.3) is 11.6 Å². The molecule has 0 aliphatic heterocycles. The van der Waals surface area contributed by atoms with E-state index in [9.17, 15) is 24.1 Å². The molecule has 1 N–H and O–H groups in total. The number of hydrogen-bond acceptors (Lipinski definition) is 6. The van der Waals surface area contributed by atoms with Crippen molar-refractivity contribution in [3.05, 3.63) is 64.5 Å². The first kappa shape index (κ1) is 18.8. The van der Waals surface area contributed by atoms with Crippen LogP contribution in [0, 0.1) is 15.9 Å². The molecule has 2 aromatic rings. The number of benzene rings is 2. The van der Waals surface area contributed by atoms with Gasteiger partial charge in [-0.1, -0.05) is 6.07 Å². The standard InChI is InChI=1S/C17H15FN2O6/c1-11(26-15-7-5-12(18)6-8-15)17(22)25-10-16(21)19-13-3-2-4-14(9-13)20(23)24/h2-9,11H,10H2,1H3,(H,19,21)/t11-/m0/s1. The number of rotatable bonds is 7. The van der Waals surface area contributed by atoms with Gasteiger partial charge in [0, 0.05) is 17.8 Å². The number of hydrogen-bond donors (Lipinski definition) is 1. The van der Waals surface area contributed by atoms with Crippen molar-refractivity contribution < 1.29 is 28.4 Å². The molecule has 0 spiro atoms. The smallest absolute Gasteiger partial charge is 0.347 e. The molecule has 0 unspecified atom stereocenters. The van der Waals surface area contributed by atoms with Crippen molar-refractivity contribution in [1.82, 2.24) is 0 Å². The Balaban J connectivity index is 1.82. The van der Waals surface area contributed by atoms with E-state index in [1.807, 2.05) is 0 Å². The van der Waals surface area contributed by atoms with Gasteiger partial charge in [0.1, 0.15) is 11.6 Å². The van der Waals surface area contributed by atoms with Gasteiger partial charge in [-0.05, 0) is 37.3 Å². The Bertz CT molecular complexity index is 809. The molecule has 0 heterocycles. The molecule has 1 amide bonds. The van der Waals surface area contributed by atoms with Crippen LogP contribution in [0.5, 0.6) is 5.75 Å². The van der Waals surface area contributed by atoms with Crippen LogP contribution in [0.25, 0.3) is 0 Å². The quantitative estimate of drug-likeness (QED) is 0.461. The minimum absolute atomic E-state index is 0.180. The van der Waals surface area contributed by atoms with Crippen LogP contribution in [0.4, 0.5) is 15.8 Å². The van der Waals surface area contributed by atoms with E-state index in [2.05, 4.69) is 5.32 Å². The first-order valence-electron chi connectivity index (χ1n) is 7.48. The average Bonchev–Trinajstić information content (AvgIpc) is 2.61. The maximum atomic E-state index is 12.8. The third-order valence-electron chi connectivity index (χ3n) is 3.14. The Morgan fingerprint density at radius 1 is 1.23 bits per heavy atom. The second-order valence-corrected chi connectivity index (χ2v) is 5.18. The fourth-order valence-electron chi connectivity index (χ4n) is 1.91. The molecule has 2 rings (SSSR count). The molecule has 0 aliphatic carbocycles. The molecule has 136 valence electrons. The Morgan fingerprint density at radius 3 is 2.58 bits per heavy atom. The summed E-state index contributed by atoms with van der Waals surface area (Å²) in [7, 11) is 0. The number of non-ortho nitro benzene ring substituents is 1. The van der Waals surface area contributed by atoms with E-state index in [4.69, 9.17) is 9.47 Å². The van der Waals surface area contributed by atoms with Gasteiger partial charge in [-0.3, -0.25) is 14.9 Å². The molecule has 9 heteroatoms. The highest BCUT2D eigenvalue weighted by Gasteiger charge is 2.18. The lowest BCUT2D eigenvalue weighted by Gasteiger charge is -2.14. The second-order valence-electron chi connectivity index (χ2n) is 5.18. The molecule has 0 radical (unpaired) electrons. The average molecular weight is 362 g/mol. The lowest BCUT2D eigenvalue weighted by molar-refractivity contribution is -0.384. The number of nitrogens with zero attached hydrogens (tertiary/aromatic N) is 1. The number of anilines is 1. The SMILES string of the molecule is C[C@H](Oc1ccc(F)cc1)C(=O)OCC(=O)Nc1cccc([N+](=O)[O-])c1. The molecule has 26 heavy (non-hydrogen) atoms. The molecule has 0 bridgehead atoms. The summed E-state index contributed by atoms with van der Waals surface area (Å²) in [5.41, 5.74) is 0.0250. The van der Waals surface area contributed by atoms with Gasteiger partial charge in [0.15, 0.2) is 12.7 Å². The highest BCUT2D eigenvalue weighted by atomic mass is 19.1. The zero-order valence-corrected chi connectivity index (χ0v) is 13.7. The summed E-state index contributed by atoms with van der Waals surface area (Å²) in [6, 6.07) is 10.4. The summed E-state index contributed by atoms with van der Waals surface area (Å²) >= 11 is 0. The van der Waals surface area contributed by atoms with E-state index >= 15 is 0 Å². The summed E-state index contributed by atoms with van der Waals surface area (Å²) in [5, 5.41) is 13.1. The first-order chi connectivity index (χ1) is 12.3. The number of esters is 1. The minimum atomic E-state index is -1.01. The Hall–Kier alpha value is -3.49. The van der Waals surface area contributed by atoms with Crippen molar-refractivity contribution in [2.75, 3.05) is 11.9 Å². The van der Waals surface area contributed by atoms with E-state index in [0.29, 0.717) is 0 Å². The van der Waals surface area contributed by atoms with Crippen molar-refractivity contribution >= 4 is 23.3 Å². The van der Waals surface area contributed by atoms with Gasteiger partial charge in [0.2, 0.25) is 0 Å². The predicted molar refractivity (Wildman–Crippen MR) is 89.2 cm³/mol. The number of nitro groups is 1. The molecule has 0 fully saturated rings. The van der Waals surface area contributed by atoms with Crippen LogP contribution in [0.3, 0.4) is 0 Å². The zero-order valence-electron chi connectivity index (χ0n) is 13.7. The van der Waals surface area contributed by atoms with Crippen molar-refractivity contribution in [2.24, 2.45) is 0 Å². The zero-order chi connectivity index (χ0) is 19.1. The summed E-state index contributed by atoms with van der Waals surface area (Å²) in [4.78, 5) is 33.7. The Morgan fingerprint density at radius 2 is 1.92 bits per heavy atom. The summed E-state index contributed by atoms with van der Waals surface area (Å²) in [6.45, 7) is 0.836. The van der Waals surface area contributed by atoms with Gasteiger partial charge in [-0.25, -0.2) is 9.18 Å². The number of carbonyl (C=O) groups excluding carboxylic acids is 2. The lowest BCUT2D eigenvalue weighted by Crippen LogP contribution is -2.29. The van der Waals surface area contributed by atoms with E-state index in [1.165, 1.54) is 55.5 Å². The molecular formula is C17H15FN2O6. The monoisotopic (exact) mass is 362 g/mol. The fourth-order valence-corrected chi connectivity index (χ4v) is 1.91. The van der Waals surface area contributed by atoms with Crippen molar-refractivity contribution in [2.45, 2.75) is 13.0 Å². The molecule has 1 atom stereocenters. The largest absolute Gasteiger partial charge is 0.479 e. The van der Waals surface area contributed by atoms with Gasteiger partial charge in [-0.2, -0.15) is 0 Å². The Kier molecular flexibility index (Phi) is 6.20. The van der Waals surface area contributed by atoms with Gasteiger partial charge in [0.05, 0.1) is 4.92 Å². The van der Waals surface area contributed by atoms with Crippen LogP contribution < -0.4 is 10.1 Å². The van der Waals surface area contributed by atoms with Crippen LogP contribution >= 0.6 is 0 Å². The van der Waals surface area contributed by atoms with Crippen LogP contribution in [-0.4, -0.2) is 29.5 Å². The summed E-state index contributed by atoms with van der Waals surface area (Å²) in [5.74, 6) is -1.61. The van der Waals surface area contributed by atoms with E-state index < -0.39 is 35.3 Å². The molecule has 2 aromatic carbocycles. The topological polar surface area (TPSA) is 108 Å². The second kappa shape index (κ2) is 8.56. The lowest BCUT2D eigenvalue weighted by atomic mass is 10.3. The highest BCUT2D eigenvalue weighted by Crippen LogP contribution is 2.17. The molecule has 0 saturated heterocycles. The van der Waals surface area contributed by atoms with Gasteiger partial charge >= 0.3 is 5.97 Å². The minimum Gasteiger partial charge on any atom is -0.479 e. The van der Waals surface area contributed by atoms with Crippen molar-refractivity contribution in [3.8, 4) is 5.75 Å². The summed E-state index contributed by atoms with van der Waals surface area (Å²) < 4.78 is 22.9. The normalized spacial score (nSPS) is 11.3. The fraction of sp³-hybridized carbons (Fsp3) is 0.176. The molecule has 8 nitrogen and oxygen atoms in total. The van der Waals surface area contributed by atoms with Crippen LogP contribution in [0.1, 0.15) is 6.92 Å². The van der Waals surface area contributed by atoms with Crippen LogP contribution in [-0.2, 0) is 14.3 Å².